The molecule has 24 heteroatoms. The van der Waals surface area contributed by atoms with Gasteiger partial charge in [-0.2, -0.15) is 4.57 Å². The van der Waals surface area contributed by atoms with Crippen LogP contribution in [0.25, 0.3) is 11.2 Å². The first-order valence-electron chi connectivity index (χ1n) is 12.5. The van der Waals surface area contributed by atoms with E-state index >= 15 is 0 Å². The van der Waals surface area contributed by atoms with E-state index in [0.29, 0.717) is 0 Å². The number of aliphatic hydroxyl groups excluding tert-OH is 4. The van der Waals surface area contributed by atoms with Gasteiger partial charge in [0.05, 0.1) is 31.1 Å². The molecule has 7 N–H and O–H groups in total. The van der Waals surface area contributed by atoms with Gasteiger partial charge in [0, 0.05) is 6.07 Å². The number of hydrogen-bond acceptors (Lipinski definition) is 18. The fraction of sp³-hybridized carbons (Fsp3) is 0.476. The molecule has 10 atom stereocenters. The van der Waals surface area contributed by atoms with Crippen LogP contribution < -0.4 is 49.9 Å². The molecule has 45 heavy (non-hydrogen) atoms. The molecule has 0 radical (unpaired) electrons. The molecule has 2 saturated heterocycles. The van der Waals surface area contributed by atoms with Gasteiger partial charge in [-0.25, -0.2) is 23.8 Å². The third kappa shape index (κ3) is 7.77. The van der Waals surface area contributed by atoms with Gasteiger partial charge in [0.25, 0.3) is 14.1 Å². The molecule has 5 heterocycles. The molecule has 0 spiro atoms. The molecular weight excluding hydrogens is 661 g/mol. The minimum Gasteiger partial charge on any atom is -0.756 e. The summed E-state index contributed by atoms with van der Waals surface area (Å²) in [5.41, 5.74) is 5.79. The van der Waals surface area contributed by atoms with Gasteiger partial charge in [-0.15, -0.1) is 0 Å². The fourth-order valence-corrected chi connectivity index (χ4v) is 6.60. The van der Waals surface area contributed by atoms with E-state index in [4.69, 9.17) is 15.2 Å². The quantitative estimate of drug-likeness (QED) is 0.0620. The molecule has 0 aromatic carbocycles. The number of aromatic nitrogens is 5. The number of nitrogens with two attached hydrogens (primary N) is 1. The number of carboxylic acid groups (broad SMARTS) is 1. The molecule has 2 aliphatic heterocycles. The molecule has 3 aromatic rings. The van der Waals surface area contributed by atoms with Crippen molar-refractivity contribution in [2.45, 2.75) is 49.1 Å². The normalized spacial score (nSPS) is 30.9. The van der Waals surface area contributed by atoms with Crippen LogP contribution in [0.3, 0.4) is 0 Å². The van der Waals surface area contributed by atoms with E-state index in [0.717, 1.165) is 17.1 Å². The number of phosphoric acid groups is 2. The maximum absolute atomic E-state index is 12.4. The van der Waals surface area contributed by atoms with Gasteiger partial charge in [-0.3, -0.25) is 13.7 Å². The maximum Gasteiger partial charge on any atom is 1.00 e. The largest absolute Gasteiger partial charge is 1.00 e. The van der Waals surface area contributed by atoms with Crippen molar-refractivity contribution in [3.63, 3.8) is 0 Å². The molecule has 0 aliphatic carbocycles. The summed E-state index contributed by atoms with van der Waals surface area (Å²) in [6.45, 7) is -1.94. The molecule has 0 saturated carbocycles. The number of imidazole rings is 1. The summed E-state index contributed by atoms with van der Waals surface area (Å²) in [4.78, 5) is 45.1. The summed E-state index contributed by atoms with van der Waals surface area (Å²) in [6, 6.07) is 2.51. The Balaban J connectivity index is 0.00000461. The average Bonchev–Trinajstić information content (AvgIpc) is 3.61. The van der Waals surface area contributed by atoms with Crippen LogP contribution in [0.2, 0.25) is 0 Å². The van der Waals surface area contributed by atoms with Gasteiger partial charge in [-0.05, 0) is 6.07 Å². The van der Waals surface area contributed by atoms with Crippen molar-refractivity contribution in [2.75, 3.05) is 18.9 Å². The standard InChI is InChI=1S/C21H26N6O15P2.Na/c22-17-12-18(24-7-23-17)27(8-25-12)20-16(31)14(29)11(41-20)6-39-44(36,37)42-43(34,35)38-5-10-13(28)15(30)19(40-10)26-3-1-2-9(4-26)21(32)33;/h1-4,7-8,10-11,13-16,19-20,28-31H,5-6H2,(H4-,22,23,24,32,33,34,35,36,37);/q;+1/p-1/t10-,11-,13-,14-,15-,16-,19-,20-;/m1./s1. The number of anilines is 1. The van der Waals surface area contributed by atoms with Crippen LogP contribution in [0.1, 0.15) is 22.8 Å². The van der Waals surface area contributed by atoms with Crippen LogP contribution in [-0.2, 0) is 32.0 Å². The summed E-state index contributed by atoms with van der Waals surface area (Å²) in [7, 11) is -11.1. The summed E-state index contributed by atoms with van der Waals surface area (Å²) in [5, 5.41) is 52.6. The van der Waals surface area contributed by atoms with E-state index in [9.17, 15) is 49.2 Å². The summed E-state index contributed by atoms with van der Waals surface area (Å²) < 4.78 is 51.2. The van der Waals surface area contributed by atoms with Crippen molar-refractivity contribution >= 4 is 38.6 Å². The first-order valence-corrected chi connectivity index (χ1v) is 15.5. The van der Waals surface area contributed by atoms with E-state index in [1.807, 2.05) is 0 Å². The van der Waals surface area contributed by atoms with E-state index in [-0.39, 0.29) is 52.1 Å². The van der Waals surface area contributed by atoms with Crippen LogP contribution in [0.5, 0.6) is 0 Å². The predicted molar refractivity (Wildman–Crippen MR) is 133 cm³/mol. The van der Waals surface area contributed by atoms with Crippen LogP contribution in [-0.4, -0.2) is 101 Å². The Morgan fingerprint density at radius 3 is 2.42 bits per heavy atom. The van der Waals surface area contributed by atoms with Gasteiger partial charge in [0.1, 0.15) is 42.4 Å². The zero-order valence-electron chi connectivity index (χ0n) is 23.0. The van der Waals surface area contributed by atoms with Crippen LogP contribution in [0.15, 0.2) is 37.2 Å². The third-order valence-corrected chi connectivity index (χ3v) is 9.26. The van der Waals surface area contributed by atoms with Gasteiger partial charge in [0.15, 0.2) is 36.2 Å². The number of nitrogen functional groups attached to an aromatic ring is 1. The Bertz CT molecular complexity index is 1630. The molecular formula is C21H25N6NaO15P2. The van der Waals surface area contributed by atoms with Crippen LogP contribution >= 0.6 is 15.6 Å². The fourth-order valence-electron chi connectivity index (χ4n) is 4.54. The number of fused-ring (bicyclic) bond motifs is 1. The second-order valence-corrected chi connectivity index (χ2v) is 12.6. The Morgan fingerprint density at radius 2 is 1.71 bits per heavy atom. The summed E-state index contributed by atoms with van der Waals surface area (Å²) >= 11 is 0. The van der Waals surface area contributed by atoms with E-state index < -0.39 is 83.9 Å². The van der Waals surface area contributed by atoms with Gasteiger partial charge in [0.2, 0.25) is 0 Å². The van der Waals surface area contributed by atoms with Crippen molar-refractivity contribution in [3.05, 3.63) is 42.7 Å². The van der Waals surface area contributed by atoms with Crippen LogP contribution in [0, 0.1) is 0 Å². The summed E-state index contributed by atoms with van der Waals surface area (Å²) in [5.74, 6) is -1.48. The van der Waals surface area contributed by atoms with Crippen molar-refractivity contribution in [1.82, 2.24) is 19.5 Å². The number of carbonyl (C=O) groups is 1. The SMILES string of the molecule is Nc1ncnc2c1ncn2[C@@H]1O[C@H](COP(=O)(O)OP(=O)([O-])OC[C@H]2O[C@@H]([n+]3cccc(C(=O)[O-])c3)[C@H](O)[C@@H]2O)[C@@H](O)[C@H]1O.[Na+]. The van der Waals surface area contributed by atoms with E-state index in [2.05, 4.69) is 28.3 Å². The molecule has 2 fully saturated rings. The summed E-state index contributed by atoms with van der Waals surface area (Å²) in [6.07, 6.45) is -7.62. The minimum atomic E-state index is -5.64. The number of ether oxygens (including phenoxy) is 2. The first-order chi connectivity index (χ1) is 20.7. The molecule has 0 bridgehead atoms. The number of hydrogen-bond donors (Lipinski definition) is 6. The molecule has 3 aromatic heterocycles. The van der Waals surface area contributed by atoms with Crippen LogP contribution in [0.4, 0.5) is 5.82 Å². The molecule has 2 unspecified atom stereocenters. The van der Waals surface area contributed by atoms with E-state index in [1.54, 1.807) is 0 Å². The first kappa shape index (κ1) is 35.8. The third-order valence-electron chi connectivity index (χ3n) is 6.69. The van der Waals surface area contributed by atoms with Crippen molar-refractivity contribution < 1.29 is 106 Å². The molecule has 240 valence electrons. The number of carboxylic acids is 1. The monoisotopic (exact) mass is 686 g/mol. The zero-order valence-corrected chi connectivity index (χ0v) is 26.8. The molecule has 21 nitrogen and oxygen atoms in total. The Morgan fingerprint density at radius 1 is 1.04 bits per heavy atom. The number of aromatic carboxylic acids is 1. The minimum absolute atomic E-state index is 0. The zero-order chi connectivity index (χ0) is 32.0. The Hall–Kier alpha value is -2.01. The second-order valence-electron chi connectivity index (χ2n) is 9.59. The Kier molecular flexibility index (Phi) is 11.1. The van der Waals surface area contributed by atoms with Gasteiger partial charge < -0.3 is 59.8 Å². The smallest absolute Gasteiger partial charge is 0.756 e. The Labute approximate surface area is 274 Å². The van der Waals surface area contributed by atoms with Crippen molar-refractivity contribution in [3.8, 4) is 0 Å². The number of pyridine rings is 1. The molecule has 5 rings (SSSR count). The van der Waals surface area contributed by atoms with E-state index in [1.165, 1.54) is 29.2 Å². The average molecular weight is 686 g/mol. The van der Waals surface area contributed by atoms with Gasteiger partial charge >= 0.3 is 37.4 Å². The number of rotatable bonds is 11. The number of aliphatic hydroxyl groups is 4. The number of nitrogens with zero attached hydrogens (tertiary/aromatic N) is 5. The number of carbonyl (C=O) groups excluding carboxylic acids is 1. The number of phosphoric ester groups is 2. The second kappa shape index (κ2) is 14.0. The predicted octanol–water partition coefficient (Wildman–Crippen LogP) is -7.38. The maximum atomic E-state index is 12.4. The topological polar surface area (TPSA) is 318 Å². The van der Waals surface area contributed by atoms with Crippen molar-refractivity contribution in [2.24, 2.45) is 0 Å². The van der Waals surface area contributed by atoms with Gasteiger partial charge in [-0.1, -0.05) is 0 Å². The molecule has 2 aliphatic rings. The molecule has 0 amide bonds. The van der Waals surface area contributed by atoms with Crippen molar-refractivity contribution in [1.29, 1.82) is 0 Å².